The SMILES string of the molecule is CO[C@@H]1[C@H]2CO[C@H](O2)C(=O)[C@@H]1I. The largest absolute Gasteiger partial charge is 0.377 e. The summed E-state index contributed by atoms with van der Waals surface area (Å²) in [6, 6.07) is 0. The van der Waals surface area contributed by atoms with Crippen molar-refractivity contribution in [3.8, 4) is 0 Å². The molecule has 0 radical (unpaired) electrons. The van der Waals surface area contributed by atoms with Gasteiger partial charge in [0.15, 0.2) is 0 Å². The number of fused-ring (bicyclic) bond motifs is 2. The molecule has 2 bridgehead atoms. The summed E-state index contributed by atoms with van der Waals surface area (Å²) in [5.41, 5.74) is 0. The summed E-state index contributed by atoms with van der Waals surface area (Å²) in [5.74, 6) is -0.0174. The fraction of sp³-hybridized carbons (Fsp3) is 0.857. The van der Waals surface area contributed by atoms with E-state index in [1.54, 1.807) is 7.11 Å². The van der Waals surface area contributed by atoms with Gasteiger partial charge in [0.2, 0.25) is 12.1 Å². The van der Waals surface area contributed by atoms with Crippen LogP contribution in [0, 0.1) is 0 Å². The Hall–Kier alpha value is 0.280. The molecule has 0 unspecified atom stereocenters. The van der Waals surface area contributed by atoms with Crippen LogP contribution in [0.1, 0.15) is 0 Å². The van der Waals surface area contributed by atoms with Crippen LogP contribution < -0.4 is 0 Å². The topological polar surface area (TPSA) is 44.8 Å². The molecule has 12 heavy (non-hydrogen) atoms. The zero-order chi connectivity index (χ0) is 8.72. The number of rotatable bonds is 1. The number of methoxy groups -OCH3 is 1. The minimum absolute atomic E-state index is 0.0174. The second-order valence-corrected chi connectivity index (χ2v) is 4.19. The van der Waals surface area contributed by atoms with E-state index in [1.165, 1.54) is 0 Å². The molecule has 2 heterocycles. The van der Waals surface area contributed by atoms with E-state index in [4.69, 9.17) is 14.2 Å². The predicted molar refractivity (Wildman–Crippen MR) is 48.2 cm³/mol. The van der Waals surface area contributed by atoms with Gasteiger partial charge in [-0.2, -0.15) is 0 Å². The monoisotopic (exact) mass is 284 g/mol. The zero-order valence-electron chi connectivity index (χ0n) is 6.53. The normalized spacial score (nSPS) is 46.7. The first-order valence-electron chi connectivity index (χ1n) is 3.71. The number of ether oxygens (including phenoxy) is 3. The smallest absolute Gasteiger partial charge is 0.219 e. The molecule has 0 amide bonds. The molecule has 2 fully saturated rings. The maximum atomic E-state index is 11.4. The highest BCUT2D eigenvalue weighted by Gasteiger charge is 2.49. The van der Waals surface area contributed by atoms with Crippen LogP contribution >= 0.6 is 22.6 Å². The Morgan fingerprint density at radius 1 is 1.67 bits per heavy atom. The zero-order valence-corrected chi connectivity index (χ0v) is 8.68. The number of halogens is 1. The molecule has 0 aromatic rings. The van der Waals surface area contributed by atoms with Crippen LogP contribution in [0.3, 0.4) is 0 Å². The van der Waals surface area contributed by atoms with Crippen molar-refractivity contribution in [3.63, 3.8) is 0 Å². The lowest BCUT2D eigenvalue weighted by Crippen LogP contribution is -2.48. The Morgan fingerprint density at radius 3 is 3.08 bits per heavy atom. The number of carbonyl (C=O) groups is 1. The van der Waals surface area contributed by atoms with E-state index in [9.17, 15) is 4.79 Å². The summed E-state index contributed by atoms with van der Waals surface area (Å²) >= 11 is 2.08. The minimum Gasteiger partial charge on any atom is -0.377 e. The van der Waals surface area contributed by atoms with Gasteiger partial charge in [-0.3, -0.25) is 4.79 Å². The Bertz CT molecular complexity index is 208. The lowest BCUT2D eigenvalue weighted by Gasteiger charge is -2.29. The minimum atomic E-state index is -0.636. The number of hydrogen-bond donors (Lipinski definition) is 0. The molecule has 4 nitrogen and oxygen atoms in total. The van der Waals surface area contributed by atoms with E-state index in [1.807, 2.05) is 0 Å². The Labute approximate surface area is 83.7 Å². The summed E-state index contributed by atoms with van der Waals surface area (Å²) in [4.78, 5) is 11.4. The third kappa shape index (κ3) is 1.19. The first-order valence-corrected chi connectivity index (χ1v) is 4.96. The summed E-state index contributed by atoms with van der Waals surface area (Å²) in [6.07, 6.45) is -0.861. The molecule has 5 heteroatoms. The molecule has 0 N–H and O–H groups in total. The van der Waals surface area contributed by atoms with Crippen molar-refractivity contribution in [2.24, 2.45) is 0 Å². The van der Waals surface area contributed by atoms with Gasteiger partial charge >= 0.3 is 0 Å². The number of hydrogen-bond acceptors (Lipinski definition) is 4. The van der Waals surface area contributed by atoms with Crippen LogP contribution in [0.5, 0.6) is 0 Å². The summed E-state index contributed by atoms with van der Waals surface area (Å²) in [5, 5.41) is 0. The number of ketones is 1. The molecule has 0 aromatic heterocycles. The van der Waals surface area contributed by atoms with E-state index < -0.39 is 6.29 Å². The van der Waals surface area contributed by atoms with Crippen molar-refractivity contribution < 1.29 is 19.0 Å². The molecule has 2 saturated heterocycles. The van der Waals surface area contributed by atoms with Gasteiger partial charge < -0.3 is 14.2 Å². The number of alkyl halides is 1. The highest BCUT2D eigenvalue weighted by molar-refractivity contribution is 14.1. The molecule has 2 aliphatic rings. The fourth-order valence-electron chi connectivity index (χ4n) is 1.49. The van der Waals surface area contributed by atoms with Crippen LogP contribution in [-0.4, -0.2) is 41.9 Å². The van der Waals surface area contributed by atoms with Crippen LogP contribution in [0.4, 0.5) is 0 Å². The van der Waals surface area contributed by atoms with Gasteiger partial charge in [-0.25, -0.2) is 0 Å². The molecule has 2 rings (SSSR count). The van der Waals surface area contributed by atoms with Gasteiger partial charge in [0.1, 0.15) is 16.1 Å². The molecular weight excluding hydrogens is 275 g/mol. The summed E-state index contributed by atoms with van der Waals surface area (Å²) in [6.45, 7) is 0.467. The van der Waals surface area contributed by atoms with Crippen molar-refractivity contribution in [2.75, 3.05) is 13.7 Å². The third-order valence-corrected chi connectivity index (χ3v) is 3.46. The first-order chi connectivity index (χ1) is 5.74. The van der Waals surface area contributed by atoms with E-state index in [0.717, 1.165) is 0 Å². The first kappa shape index (κ1) is 8.86. The van der Waals surface area contributed by atoms with E-state index in [2.05, 4.69) is 22.6 Å². The molecule has 2 aliphatic heterocycles. The average molecular weight is 284 g/mol. The van der Waals surface area contributed by atoms with Crippen LogP contribution in [0.2, 0.25) is 0 Å². The van der Waals surface area contributed by atoms with E-state index in [0.29, 0.717) is 6.61 Å². The second kappa shape index (κ2) is 3.21. The third-order valence-electron chi connectivity index (χ3n) is 2.14. The maximum Gasteiger partial charge on any atom is 0.219 e. The van der Waals surface area contributed by atoms with Gasteiger partial charge in [0.25, 0.3) is 0 Å². The summed E-state index contributed by atoms with van der Waals surface area (Å²) < 4.78 is 15.4. The highest BCUT2D eigenvalue weighted by atomic mass is 127. The van der Waals surface area contributed by atoms with E-state index >= 15 is 0 Å². The van der Waals surface area contributed by atoms with Gasteiger partial charge in [-0.1, -0.05) is 22.6 Å². The van der Waals surface area contributed by atoms with Crippen molar-refractivity contribution in [2.45, 2.75) is 22.4 Å². The van der Waals surface area contributed by atoms with Crippen molar-refractivity contribution in [3.05, 3.63) is 0 Å². The van der Waals surface area contributed by atoms with Crippen LogP contribution in [-0.2, 0) is 19.0 Å². The Morgan fingerprint density at radius 2 is 2.42 bits per heavy atom. The van der Waals surface area contributed by atoms with Crippen LogP contribution in [0.15, 0.2) is 0 Å². The van der Waals surface area contributed by atoms with Crippen molar-refractivity contribution in [1.29, 1.82) is 0 Å². The fourth-order valence-corrected chi connectivity index (χ4v) is 2.54. The molecular formula is C7H9IO4. The lowest BCUT2D eigenvalue weighted by molar-refractivity contribution is -0.161. The number of Topliss-reactive ketones (excluding diaryl/α,β-unsaturated/α-hetero) is 1. The van der Waals surface area contributed by atoms with Crippen molar-refractivity contribution in [1.82, 2.24) is 0 Å². The van der Waals surface area contributed by atoms with Gasteiger partial charge in [0.05, 0.1) is 6.61 Å². The van der Waals surface area contributed by atoms with Gasteiger partial charge in [0, 0.05) is 7.11 Å². The Kier molecular flexibility index (Phi) is 2.37. The van der Waals surface area contributed by atoms with E-state index in [-0.39, 0.29) is 21.9 Å². The molecule has 0 spiro atoms. The summed E-state index contributed by atoms with van der Waals surface area (Å²) in [7, 11) is 1.59. The quantitative estimate of drug-likeness (QED) is 0.507. The van der Waals surface area contributed by atoms with Crippen molar-refractivity contribution >= 4 is 28.4 Å². The molecule has 68 valence electrons. The molecule has 0 saturated carbocycles. The highest BCUT2D eigenvalue weighted by Crippen LogP contribution is 2.30. The molecule has 4 atom stereocenters. The molecule has 0 aromatic carbocycles. The Balaban J connectivity index is 2.20. The molecule has 0 aliphatic carbocycles. The second-order valence-electron chi connectivity index (χ2n) is 2.84. The maximum absolute atomic E-state index is 11.4. The van der Waals surface area contributed by atoms with Gasteiger partial charge in [-0.15, -0.1) is 0 Å². The standard InChI is InChI=1S/C7H9IO4/c1-10-6-3-2-11-7(12-3)5(9)4(6)8/h3-4,6-7H,2H2,1H3/t3-,4+,6-,7-/m1/s1. The van der Waals surface area contributed by atoms with Gasteiger partial charge in [-0.05, 0) is 0 Å². The average Bonchev–Trinajstić information content (AvgIpc) is 2.49. The predicted octanol–water partition coefficient (Wildman–Crippen LogP) is 0.129. The lowest BCUT2D eigenvalue weighted by atomic mass is 10.1. The number of carbonyl (C=O) groups excluding carboxylic acids is 1. The van der Waals surface area contributed by atoms with Crippen LogP contribution in [0.25, 0.3) is 0 Å².